The fourth-order valence-electron chi connectivity index (χ4n) is 2.15. The summed E-state index contributed by atoms with van der Waals surface area (Å²) < 4.78 is 5.50. The van der Waals surface area contributed by atoms with Crippen molar-refractivity contribution in [1.29, 1.82) is 5.26 Å². The Labute approximate surface area is 131 Å². The number of halogens is 1. The molecule has 4 nitrogen and oxygen atoms in total. The van der Waals surface area contributed by atoms with Crippen LogP contribution in [0.2, 0.25) is 5.02 Å². The van der Waals surface area contributed by atoms with Gasteiger partial charge in [-0.2, -0.15) is 5.26 Å². The molecular formula is C17H11ClN2O2. The van der Waals surface area contributed by atoms with E-state index in [-0.39, 0.29) is 11.7 Å². The van der Waals surface area contributed by atoms with Crippen LogP contribution in [-0.2, 0) is 6.54 Å². The van der Waals surface area contributed by atoms with Gasteiger partial charge in [-0.05, 0) is 42.0 Å². The smallest absolute Gasteiger partial charge is 0.287 e. The molecule has 0 aliphatic rings. The standard InChI is InChI=1S/C17H11ClN2O2/c18-14-4-5-15-13(7-14)8-16(22-15)17(21)20-10-12-3-1-2-11(6-12)9-19/h1-8H,10H2,(H,20,21). The lowest BCUT2D eigenvalue weighted by molar-refractivity contribution is 0.0925. The molecule has 22 heavy (non-hydrogen) atoms. The molecule has 0 aliphatic carbocycles. The zero-order valence-electron chi connectivity index (χ0n) is 11.5. The van der Waals surface area contributed by atoms with Gasteiger partial charge in [-0.3, -0.25) is 4.79 Å². The second kappa shape index (κ2) is 5.92. The number of nitrogens with one attached hydrogen (secondary N) is 1. The van der Waals surface area contributed by atoms with E-state index in [4.69, 9.17) is 21.3 Å². The van der Waals surface area contributed by atoms with Gasteiger partial charge in [0.15, 0.2) is 5.76 Å². The number of carbonyl (C=O) groups is 1. The topological polar surface area (TPSA) is 66.0 Å². The second-order valence-corrected chi connectivity index (χ2v) is 5.22. The van der Waals surface area contributed by atoms with Crippen molar-refractivity contribution in [3.05, 3.63) is 70.4 Å². The summed E-state index contributed by atoms with van der Waals surface area (Å²) in [7, 11) is 0. The van der Waals surface area contributed by atoms with E-state index in [0.29, 0.717) is 22.7 Å². The minimum atomic E-state index is -0.310. The largest absolute Gasteiger partial charge is 0.451 e. The number of nitrogens with zero attached hydrogens (tertiary/aromatic N) is 1. The highest BCUT2D eigenvalue weighted by molar-refractivity contribution is 6.31. The zero-order valence-corrected chi connectivity index (χ0v) is 12.2. The van der Waals surface area contributed by atoms with Crippen LogP contribution in [0.3, 0.4) is 0 Å². The molecule has 3 rings (SSSR count). The molecule has 1 N–H and O–H groups in total. The minimum Gasteiger partial charge on any atom is -0.451 e. The highest BCUT2D eigenvalue weighted by atomic mass is 35.5. The van der Waals surface area contributed by atoms with Crippen LogP contribution in [0.1, 0.15) is 21.7 Å². The quantitative estimate of drug-likeness (QED) is 0.798. The van der Waals surface area contributed by atoms with Gasteiger partial charge in [-0.25, -0.2) is 0 Å². The molecule has 1 amide bonds. The third-order valence-electron chi connectivity index (χ3n) is 3.21. The van der Waals surface area contributed by atoms with Gasteiger partial charge in [-0.1, -0.05) is 23.7 Å². The maximum Gasteiger partial charge on any atom is 0.287 e. The van der Waals surface area contributed by atoms with E-state index in [1.807, 2.05) is 6.07 Å². The summed E-state index contributed by atoms with van der Waals surface area (Å²) >= 11 is 5.91. The fourth-order valence-corrected chi connectivity index (χ4v) is 2.33. The first-order chi connectivity index (χ1) is 10.7. The van der Waals surface area contributed by atoms with Crippen molar-refractivity contribution in [2.45, 2.75) is 6.54 Å². The van der Waals surface area contributed by atoms with Gasteiger partial charge in [0.2, 0.25) is 0 Å². The molecule has 0 bridgehead atoms. The highest BCUT2D eigenvalue weighted by Gasteiger charge is 2.12. The van der Waals surface area contributed by atoms with Gasteiger partial charge in [0.1, 0.15) is 5.58 Å². The average Bonchev–Trinajstić information content (AvgIpc) is 2.96. The van der Waals surface area contributed by atoms with Crippen molar-refractivity contribution in [3.8, 4) is 6.07 Å². The number of furan rings is 1. The number of fused-ring (bicyclic) bond motifs is 1. The first kappa shape index (κ1) is 14.2. The highest BCUT2D eigenvalue weighted by Crippen LogP contribution is 2.23. The maximum atomic E-state index is 12.1. The van der Waals surface area contributed by atoms with Crippen LogP contribution in [0.4, 0.5) is 0 Å². The van der Waals surface area contributed by atoms with Crippen LogP contribution in [0.15, 0.2) is 52.9 Å². The summed E-state index contributed by atoms with van der Waals surface area (Å²) in [4.78, 5) is 12.1. The molecule has 0 radical (unpaired) electrons. The normalized spacial score (nSPS) is 10.4. The number of benzene rings is 2. The van der Waals surface area contributed by atoms with Crippen molar-refractivity contribution < 1.29 is 9.21 Å². The van der Waals surface area contributed by atoms with E-state index >= 15 is 0 Å². The average molecular weight is 311 g/mol. The van der Waals surface area contributed by atoms with E-state index in [1.54, 1.807) is 42.5 Å². The molecular weight excluding hydrogens is 300 g/mol. The van der Waals surface area contributed by atoms with Crippen molar-refractivity contribution in [2.24, 2.45) is 0 Å². The zero-order chi connectivity index (χ0) is 15.5. The number of hydrogen-bond acceptors (Lipinski definition) is 3. The molecule has 1 aromatic heterocycles. The second-order valence-electron chi connectivity index (χ2n) is 4.79. The Morgan fingerprint density at radius 3 is 2.91 bits per heavy atom. The van der Waals surface area contributed by atoms with Crippen molar-refractivity contribution in [1.82, 2.24) is 5.32 Å². The first-order valence-electron chi connectivity index (χ1n) is 6.62. The van der Waals surface area contributed by atoms with Gasteiger partial charge in [0.25, 0.3) is 5.91 Å². The molecule has 0 spiro atoms. The number of rotatable bonds is 3. The molecule has 0 unspecified atom stereocenters. The lowest BCUT2D eigenvalue weighted by Gasteiger charge is -2.03. The molecule has 108 valence electrons. The van der Waals surface area contributed by atoms with Crippen molar-refractivity contribution in [2.75, 3.05) is 0 Å². The molecule has 0 aliphatic heterocycles. The monoisotopic (exact) mass is 310 g/mol. The first-order valence-corrected chi connectivity index (χ1v) is 7.00. The Kier molecular flexibility index (Phi) is 3.82. The maximum absolute atomic E-state index is 12.1. The predicted octanol–water partition coefficient (Wildman–Crippen LogP) is 3.89. The predicted molar refractivity (Wildman–Crippen MR) is 83.6 cm³/mol. The molecule has 1 heterocycles. The van der Waals surface area contributed by atoms with Gasteiger partial charge < -0.3 is 9.73 Å². The summed E-state index contributed by atoms with van der Waals surface area (Å²) in [5, 5.41) is 13.0. The summed E-state index contributed by atoms with van der Waals surface area (Å²) in [5.41, 5.74) is 2.03. The van der Waals surface area contributed by atoms with Gasteiger partial charge >= 0.3 is 0 Å². The number of hydrogen-bond donors (Lipinski definition) is 1. The Balaban J connectivity index is 1.74. The molecule has 0 saturated heterocycles. The molecule has 0 atom stereocenters. The van der Waals surface area contributed by atoms with Crippen molar-refractivity contribution >= 4 is 28.5 Å². The summed E-state index contributed by atoms with van der Waals surface area (Å²) in [6.07, 6.45) is 0. The van der Waals surface area contributed by atoms with Gasteiger partial charge in [0.05, 0.1) is 11.6 Å². The number of carbonyl (C=O) groups excluding carboxylic acids is 1. The molecule has 0 saturated carbocycles. The van der Waals surface area contributed by atoms with Crippen LogP contribution < -0.4 is 5.32 Å². The van der Waals surface area contributed by atoms with Crippen molar-refractivity contribution in [3.63, 3.8) is 0 Å². The third-order valence-corrected chi connectivity index (χ3v) is 3.45. The fraction of sp³-hybridized carbons (Fsp3) is 0.0588. The lowest BCUT2D eigenvalue weighted by atomic mass is 10.1. The Hall–Kier alpha value is -2.77. The van der Waals surface area contributed by atoms with Crippen LogP contribution in [0.5, 0.6) is 0 Å². The van der Waals surface area contributed by atoms with Crippen LogP contribution in [0, 0.1) is 11.3 Å². The van der Waals surface area contributed by atoms with E-state index in [0.717, 1.165) is 10.9 Å². The Morgan fingerprint density at radius 2 is 2.09 bits per heavy atom. The van der Waals surface area contributed by atoms with Crippen LogP contribution >= 0.6 is 11.6 Å². The summed E-state index contributed by atoms with van der Waals surface area (Å²) in [5.74, 6) is -0.0802. The lowest BCUT2D eigenvalue weighted by Crippen LogP contribution is -2.22. The van der Waals surface area contributed by atoms with Gasteiger partial charge in [0, 0.05) is 17.0 Å². The number of amides is 1. The molecule has 0 fully saturated rings. The van der Waals surface area contributed by atoms with E-state index in [2.05, 4.69) is 11.4 Å². The molecule has 3 aromatic rings. The molecule has 5 heteroatoms. The SMILES string of the molecule is N#Cc1cccc(CNC(=O)c2cc3cc(Cl)ccc3o2)c1. The van der Waals surface area contributed by atoms with Gasteiger partial charge in [-0.15, -0.1) is 0 Å². The Bertz CT molecular complexity index is 893. The number of nitriles is 1. The van der Waals surface area contributed by atoms with E-state index in [1.165, 1.54) is 0 Å². The third kappa shape index (κ3) is 2.95. The van der Waals surface area contributed by atoms with Crippen LogP contribution in [0.25, 0.3) is 11.0 Å². The summed E-state index contributed by atoms with van der Waals surface area (Å²) in [6, 6.07) is 16.0. The van der Waals surface area contributed by atoms with E-state index in [9.17, 15) is 4.79 Å². The minimum absolute atomic E-state index is 0.230. The summed E-state index contributed by atoms with van der Waals surface area (Å²) in [6.45, 7) is 0.326. The van der Waals surface area contributed by atoms with E-state index < -0.39 is 0 Å². The Morgan fingerprint density at radius 1 is 1.23 bits per heavy atom. The van der Waals surface area contributed by atoms with Crippen LogP contribution in [-0.4, -0.2) is 5.91 Å². The molecule has 2 aromatic carbocycles.